The first-order valence-electron chi connectivity index (χ1n) is 10.2. The molecule has 156 valence electrons. The van der Waals surface area contributed by atoms with Crippen molar-refractivity contribution in [3.63, 3.8) is 0 Å². The highest BCUT2D eigenvalue weighted by atomic mass is 16.3. The van der Waals surface area contributed by atoms with Crippen molar-refractivity contribution >= 4 is 11.9 Å². The predicted octanol–water partition coefficient (Wildman–Crippen LogP) is 2.45. The largest absolute Gasteiger partial charge is 0.378 e. The molecule has 3 amide bonds. The van der Waals surface area contributed by atoms with Gasteiger partial charge in [0.05, 0.1) is 0 Å². The van der Waals surface area contributed by atoms with Crippen LogP contribution >= 0.6 is 0 Å². The first-order valence-corrected chi connectivity index (χ1v) is 10.2. The summed E-state index contributed by atoms with van der Waals surface area (Å²) in [5, 5.41) is 9.71. The van der Waals surface area contributed by atoms with Crippen LogP contribution in [0, 0.1) is 11.8 Å². The number of hydrogen-bond acceptors (Lipinski definition) is 4. The molecular formula is C23H31N3O3. The minimum Gasteiger partial charge on any atom is -0.378 e. The molecular weight excluding hydrogens is 366 g/mol. The molecule has 2 aliphatic rings. The minimum atomic E-state index is -1.00. The van der Waals surface area contributed by atoms with Crippen molar-refractivity contribution in [2.75, 3.05) is 20.1 Å². The molecule has 6 heteroatoms. The summed E-state index contributed by atoms with van der Waals surface area (Å²) < 4.78 is 0. The molecule has 0 radical (unpaired) electrons. The number of aliphatic hydroxyl groups is 1. The number of carbonyl (C=O) groups is 2. The molecule has 1 spiro atoms. The van der Waals surface area contributed by atoms with Crippen LogP contribution in [0.2, 0.25) is 0 Å². The van der Waals surface area contributed by atoms with Crippen LogP contribution < -0.4 is 0 Å². The molecule has 0 bridgehead atoms. The van der Waals surface area contributed by atoms with E-state index in [1.54, 1.807) is 25.8 Å². The van der Waals surface area contributed by atoms with E-state index in [1.807, 2.05) is 26.0 Å². The Bertz CT molecular complexity index is 835. The summed E-state index contributed by atoms with van der Waals surface area (Å²) in [5.41, 5.74) is 0.369. The molecule has 0 aromatic heterocycles. The third-order valence-electron chi connectivity index (χ3n) is 5.82. The van der Waals surface area contributed by atoms with Gasteiger partial charge in [0.25, 0.3) is 5.91 Å². The number of nitrogens with zero attached hydrogens (tertiary/aromatic N) is 3. The van der Waals surface area contributed by atoms with E-state index in [-0.39, 0.29) is 18.0 Å². The van der Waals surface area contributed by atoms with E-state index in [2.05, 4.69) is 28.9 Å². The van der Waals surface area contributed by atoms with Gasteiger partial charge < -0.3 is 10.0 Å². The van der Waals surface area contributed by atoms with Gasteiger partial charge in [-0.25, -0.2) is 4.79 Å². The summed E-state index contributed by atoms with van der Waals surface area (Å²) in [4.78, 5) is 30.9. The van der Waals surface area contributed by atoms with Gasteiger partial charge in [-0.3, -0.25) is 14.6 Å². The second-order valence-electron chi connectivity index (χ2n) is 8.92. The summed E-state index contributed by atoms with van der Waals surface area (Å²) in [6, 6.07) is 7.74. The summed E-state index contributed by atoms with van der Waals surface area (Å²) in [6.07, 6.45) is 1.32. The second kappa shape index (κ2) is 7.81. The maximum absolute atomic E-state index is 13.0. The van der Waals surface area contributed by atoms with E-state index in [1.165, 1.54) is 10.5 Å². The summed E-state index contributed by atoms with van der Waals surface area (Å²) in [7, 11) is 1.76. The monoisotopic (exact) mass is 397 g/mol. The zero-order valence-electron chi connectivity index (χ0n) is 18.0. The van der Waals surface area contributed by atoms with Crippen molar-refractivity contribution in [1.29, 1.82) is 0 Å². The fourth-order valence-electron chi connectivity index (χ4n) is 4.06. The number of amides is 3. The number of rotatable bonds is 3. The third kappa shape index (κ3) is 4.31. The Morgan fingerprint density at radius 3 is 2.21 bits per heavy atom. The standard InChI is InChI=1S/C23H31N3O3/c1-17(2)26-20(27)23(24(5)21(26)28)12-14-25(15-13-23)16-19-8-6-18(7-9-19)10-11-22(3,4)29/h6-9,17,29H,12-16H2,1-5H3. The molecule has 6 nitrogen and oxygen atoms in total. The number of benzene rings is 1. The molecule has 2 aliphatic heterocycles. The van der Waals surface area contributed by atoms with Gasteiger partial charge in [-0.2, -0.15) is 0 Å². The molecule has 1 aromatic rings. The van der Waals surface area contributed by atoms with Crippen molar-refractivity contribution in [2.24, 2.45) is 0 Å². The van der Waals surface area contributed by atoms with Crippen LogP contribution in [0.5, 0.6) is 0 Å². The molecule has 0 atom stereocenters. The van der Waals surface area contributed by atoms with E-state index in [9.17, 15) is 14.7 Å². The number of imide groups is 1. The maximum Gasteiger partial charge on any atom is 0.327 e. The molecule has 3 rings (SSSR count). The van der Waals surface area contributed by atoms with Crippen molar-refractivity contribution < 1.29 is 14.7 Å². The Morgan fingerprint density at radius 2 is 1.72 bits per heavy atom. The van der Waals surface area contributed by atoms with Crippen LogP contribution in [-0.4, -0.2) is 69.1 Å². The quantitative estimate of drug-likeness (QED) is 0.629. The molecule has 29 heavy (non-hydrogen) atoms. The molecule has 1 N–H and O–H groups in total. The number of urea groups is 1. The highest BCUT2D eigenvalue weighted by Gasteiger charge is 2.56. The minimum absolute atomic E-state index is 0.0469. The van der Waals surface area contributed by atoms with Gasteiger partial charge >= 0.3 is 6.03 Å². The molecule has 2 heterocycles. The van der Waals surface area contributed by atoms with Crippen molar-refractivity contribution in [3.8, 4) is 11.8 Å². The molecule has 2 saturated heterocycles. The summed E-state index contributed by atoms with van der Waals surface area (Å²) in [6.45, 7) is 9.44. The summed E-state index contributed by atoms with van der Waals surface area (Å²) in [5.74, 6) is 5.75. The van der Waals surface area contributed by atoms with E-state index < -0.39 is 11.1 Å². The number of carbonyl (C=O) groups excluding carboxylic acids is 2. The first-order chi connectivity index (χ1) is 13.5. The maximum atomic E-state index is 13.0. The van der Waals surface area contributed by atoms with Crippen LogP contribution in [-0.2, 0) is 11.3 Å². The van der Waals surface area contributed by atoms with Gasteiger partial charge in [-0.15, -0.1) is 0 Å². The molecule has 1 aromatic carbocycles. The predicted molar refractivity (Wildman–Crippen MR) is 112 cm³/mol. The van der Waals surface area contributed by atoms with Crippen molar-refractivity contribution in [2.45, 2.75) is 64.3 Å². The van der Waals surface area contributed by atoms with Crippen LogP contribution in [0.15, 0.2) is 24.3 Å². The Hall–Kier alpha value is -2.36. The van der Waals surface area contributed by atoms with E-state index >= 15 is 0 Å². The number of hydrogen-bond donors (Lipinski definition) is 1. The Kier molecular flexibility index (Phi) is 5.75. The highest BCUT2D eigenvalue weighted by molar-refractivity contribution is 6.07. The second-order valence-corrected chi connectivity index (χ2v) is 8.92. The van der Waals surface area contributed by atoms with Crippen LogP contribution in [0.25, 0.3) is 0 Å². The summed E-state index contributed by atoms with van der Waals surface area (Å²) >= 11 is 0. The lowest BCUT2D eigenvalue weighted by Gasteiger charge is -2.40. The van der Waals surface area contributed by atoms with E-state index in [0.29, 0.717) is 12.8 Å². The zero-order chi connectivity index (χ0) is 21.4. The SMILES string of the molecule is CC(C)N1C(=O)N(C)C2(CCN(Cc3ccc(C#CC(C)(C)O)cc3)CC2)C1=O. The van der Waals surface area contributed by atoms with Crippen molar-refractivity contribution in [3.05, 3.63) is 35.4 Å². The van der Waals surface area contributed by atoms with Gasteiger partial charge in [-0.05, 0) is 58.2 Å². The van der Waals surface area contributed by atoms with Gasteiger partial charge in [0.15, 0.2) is 0 Å². The van der Waals surface area contributed by atoms with Gasteiger partial charge in [-0.1, -0.05) is 24.0 Å². The fourth-order valence-corrected chi connectivity index (χ4v) is 4.06. The lowest BCUT2D eigenvalue weighted by atomic mass is 9.86. The first kappa shape index (κ1) is 21.4. The topological polar surface area (TPSA) is 64.1 Å². The van der Waals surface area contributed by atoms with E-state index in [4.69, 9.17) is 0 Å². The van der Waals surface area contributed by atoms with Crippen LogP contribution in [0.3, 0.4) is 0 Å². The van der Waals surface area contributed by atoms with Crippen LogP contribution in [0.4, 0.5) is 4.79 Å². The number of likely N-dealkylation sites (N-methyl/N-ethyl adjacent to an activating group) is 1. The highest BCUT2D eigenvalue weighted by Crippen LogP contribution is 2.37. The van der Waals surface area contributed by atoms with Crippen molar-refractivity contribution in [1.82, 2.24) is 14.7 Å². The third-order valence-corrected chi connectivity index (χ3v) is 5.82. The van der Waals surface area contributed by atoms with Gasteiger partial charge in [0.1, 0.15) is 11.1 Å². The number of likely N-dealkylation sites (tertiary alicyclic amines) is 1. The molecule has 0 unspecified atom stereocenters. The van der Waals surface area contributed by atoms with Gasteiger partial charge in [0.2, 0.25) is 0 Å². The Morgan fingerprint density at radius 1 is 1.14 bits per heavy atom. The molecule has 2 fully saturated rings. The smallest absolute Gasteiger partial charge is 0.327 e. The molecule has 0 aliphatic carbocycles. The Labute approximate surface area is 173 Å². The zero-order valence-corrected chi connectivity index (χ0v) is 18.0. The average Bonchev–Trinajstić information content (AvgIpc) is 2.83. The lowest BCUT2D eigenvalue weighted by molar-refractivity contribution is -0.136. The fraction of sp³-hybridized carbons (Fsp3) is 0.565. The van der Waals surface area contributed by atoms with Gasteiger partial charge in [0, 0.05) is 38.3 Å². The lowest BCUT2D eigenvalue weighted by Crippen LogP contribution is -2.55. The average molecular weight is 398 g/mol. The molecule has 0 saturated carbocycles. The Balaban J connectivity index is 1.62. The normalized spacial score (nSPS) is 19.8. The van der Waals surface area contributed by atoms with E-state index in [0.717, 1.165) is 25.2 Å². The number of piperidine rings is 1. The van der Waals surface area contributed by atoms with Crippen LogP contribution in [0.1, 0.15) is 51.7 Å².